The van der Waals surface area contributed by atoms with Gasteiger partial charge in [-0.1, -0.05) is 12.8 Å². The number of hydrogen-bond acceptors (Lipinski definition) is 4. The van der Waals surface area contributed by atoms with Crippen LogP contribution in [0, 0.1) is 11.8 Å². The molecule has 166 valence electrons. The fourth-order valence-corrected chi connectivity index (χ4v) is 6.43. The van der Waals surface area contributed by atoms with Gasteiger partial charge >= 0.3 is 0 Å². The molecule has 7 heteroatoms. The summed E-state index contributed by atoms with van der Waals surface area (Å²) in [5.74, 6) is 5.46. The Morgan fingerprint density at radius 2 is 1.93 bits per heavy atom. The number of nitrogens with zero attached hydrogens (tertiary/aromatic N) is 6. The first-order valence-corrected chi connectivity index (χ1v) is 12.4. The Labute approximate surface area is 181 Å². The molecule has 1 N–H and O–H groups in total. The Morgan fingerprint density at radius 1 is 1.03 bits per heavy atom. The minimum absolute atomic E-state index is 0.874. The van der Waals surface area contributed by atoms with Gasteiger partial charge in [-0.2, -0.15) is 0 Å². The third kappa shape index (κ3) is 4.23. The van der Waals surface area contributed by atoms with E-state index in [4.69, 9.17) is 0 Å². The minimum atomic E-state index is 0.874. The quantitative estimate of drug-likeness (QED) is 0.456. The molecule has 3 heterocycles. The highest BCUT2D eigenvalue weighted by Gasteiger charge is 2.42. The van der Waals surface area contributed by atoms with E-state index in [-0.39, 0.29) is 0 Å². The largest absolute Gasteiger partial charge is 0.356 e. The van der Waals surface area contributed by atoms with Crippen LogP contribution >= 0.6 is 0 Å². The van der Waals surface area contributed by atoms with Gasteiger partial charge in [-0.15, -0.1) is 10.2 Å². The van der Waals surface area contributed by atoms with Crippen LogP contribution in [-0.2, 0) is 19.4 Å². The topological polar surface area (TPSA) is 61.6 Å². The predicted molar refractivity (Wildman–Crippen MR) is 120 cm³/mol. The summed E-state index contributed by atoms with van der Waals surface area (Å²) in [4.78, 5) is 9.80. The van der Waals surface area contributed by atoms with Crippen LogP contribution in [0.25, 0.3) is 0 Å². The van der Waals surface area contributed by atoms with E-state index in [0.717, 1.165) is 69.3 Å². The second-order valence-corrected chi connectivity index (χ2v) is 9.84. The van der Waals surface area contributed by atoms with Gasteiger partial charge < -0.3 is 14.8 Å². The van der Waals surface area contributed by atoms with Gasteiger partial charge in [0.25, 0.3) is 0 Å². The number of aliphatic imine (C=N–C) groups is 1. The summed E-state index contributed by atoms with van der Waals surface area (Å²) in [5.41, 5.74) is 0. The Balaban J connectivity index is 1.05. The van der Waals surface area contributed by atoms with E-state index in [0.29, 0.717) is 0 Å². The van der Waals surface area contributed by atoms with Gasteiger partial charge in [0.05, 0.1) is 0 Å². The van der Waals surface area contributed by atoms with Gasteiger partial charge in [-0.25, -0.2) is 0 Å². The lowest BCUT2D eigenvalue weighted by molar-refractivity contribution is 0.0958. The molecule has 3 atom stereocenters. The first-order valence-electron chi connectivity index (χ1n) is 12.4. The Kier molecular flexibility index (Phi) is 6.25. The van der Waals surface area contributed by atoms with Crippen molar-refractivity contribution in [2.45, 2.75) is 76.8 Å². The SMILES string of the molecule is CN=C(NCCCc1nnc2n1CCCCC2)N1CCN(C2CC3CCC2C3)CC1. The number of piperazine rings is 1. The molecule has 2 aliphatic heterocycles. The maximum atomic E-state index is 4.57. The molecular weight excluding hydrogens is 374 g/mol. The summed E-state index contributed by atoms with van der Waals surface area (Å²) in [5, 5.41) is 12.5. The number of aromatic nitrogens is 3. The first-order chi connectivity index (χ1) is 14.8. The van der Waals surface area contributed by atoms with E-state index in [9.17, 15) is 0 Å². The number of hydrogen-bond donors (Lipinski definition) is 1. The van der Waals surface area contributed by atoms with Gasteiger partial charge in [0.15, 0.2) is 5.96 Å². The molecular formula is C23H39N7. The third-order valence-corrected chi connectivity index (χ3v) is 8.04. The van der Waals surface area contributed by atoms with Crippen LogP contribution < -0.4 is 5.32 Å². The summed E-state index contributed by atoms with van der Waals surface area (Å²) < 4.78 is 2.37. The predicted octanol–water partition coefficient (Wildman–Crippen LogP) is 2.32. The summed E-state index contributed by atoms with van der Waals surface area (Å²) in [6, 6.07) is 0.874. The standard InChI is InChI=1S/C23H39N7/c1-24-23(25-10-5-7-22-27-26-21-6-3-2-4-11-30(21)22)29-14-12-28(13-15-29)20-17-18-8-9-19(20)16-18/h18-20H,2-17H2,1H3,(H,24,25). The Bertz CT molecular complexity index is 734. The molecule has 4 aliphatic rings. The molecule has 2 saturated carbocycles. The van der Waals surface area contributed by atoms with Crippen LogP contribution in [-0.4, -0.2) is 76.3 Å². The number of rotatable bonds is 5. The number of aryl methyl sites for hydroxylation is 2. The molecule has 2 aliphatic carbocycles. The molecule has 2 bridgehead atoms. The lowest BCUT2D eigenvalue weighted by Gasteiger charge is -2.42. The summed E-state index contributed by atoms with van der Waals surface area (Å²) in [6.07, 6.45) is 12.9. The van der Waals surface area contributed by atoms with E-state index in [2.05, 4.69) is 34.9 Å². The normalized spacial score (nSPS) is 29.8. The van der Waals surface area contributed by atoms with Crippen molar-refractivity contribution in [3.8, 4) is 0 Å². The van der Waals surface area contributed by atoms with E-state index < -0.39 is 0 Å². The molecule has 30 heavy (non-hydrogen) atoms. The maximum absolute atomic E-state index is 4.57. The van der Waals surface area contributed by atoms with Crippen LogP contribution in [0.5, 0.6) is 0 Å². The van der Waals surface area contributed by atoms with Crippen molar-refractivity contribution in [3.05, 3.63) is 11.6 Å². The van der Waals surface area contributed by atoms with E-state index in [1.54, 1.807) is 0 Å². The molecule has 5 rings (SSSR count). The van der Waals surface area contributed by atoms with Crippen LogP contribution in [0.1, 0.15) is 63.0 Å². The average Bonchev–Trinajstić information content (AvgIpc) is 3.47. The van der Waals surface area contributed by atoms with Crippen molar-refractivity contribution < 1.29 is 0 Å². The molecule has 0 radical (unpaired) electrons. The van der Waals surface area contributed by atoms with Gasteiger partial charge in [-0.3, -0.25) is 9.89 Å². The molecule has 1 saturated heterocycles. The van der Waals surface area contributed by atoms with Crippen LogP contribution in [0.4, 0.5) is 0 Å². The molecule has 0 aromatic carbocycles. The van der Waals surface area contributed by atoms with Gasteiger partial charge in [-0.05, 0) is 50.4 Å². The average molecular weight is 414 g/mol. The van der Waals surface area contributed by atoms with Gasteiger partial charge in [0.1, 0.15) is 11.6 Å². The Hall–Kier alpha value is -1.63. The molecule has 3 unspecified atom stereocenters. The molecule has 0 amide bonds. The first kappa shape index (κ1) is 20.3. The molecule has 7 nitrogen and oxygen atoms in total. The summed E-state index contributed by atoms with van der Waals surface area (Å²) >= 11 is 0. The van der Waals surface area contributed by atoms with Crippen LogP contribution in [0.15, 0.2) is 4.99 Å². The van der Waals surface area contributed by atoms with Gasteiger partial charge in [0, 0.05) is 65.2 Å². The number of guanidine groups is 1. The fourth-order valence-electron chi connectivity index (χ4n) is 6.43. The van der Waals surface area contributed by atoms with Crippen LogP contribution in [0.2, 0.25) is 0 Å². The molecule has 1 aromatic heterocycles. The lowest BCUT2D eigenvalue weighted by atomic mass is 9.93. The summed E-state index contributed by atoms with van der Waals surface area (Å²) in [6.45, 7) is 6.64. The number of nitrogens with one attached hydrogen (secondary N) is 1. The zero-order valence-electron chi connectivity index (χ0n) is 18.7. The number of fused-ring (bicyclic) bond motifs is 3. The third-order valence-electron chi connectivity index (χ3n) is 8.04. The van der Waals surface area contributed by atoms with Crippen molar-refractivity contribution in [1.82, 2.24) is 29.9 Å². The molecule has 3 fully saturated rings. The maximum Gasteiger partial charge on any atom is 0.193 e. The summed E-state index contributed by atoms with van der Waals surface area (Å²) in [7, 11) is 1.92. The highest BCUT2D eigenvalue weighted by Crippen LogP contribution is 2.46. The zero-order chi connectivity index (χ0) is 20.3. The highest BCUT2D eigenvalue weighted by atomic mass is 15.4. The van der Waals surface area contributed by atoms with Crippen molar-refractivity contribution in [3.63, 3.8) is 0 Å². The minimum Gasteiger partial charge on any atom is -0.356 e. The van der Waals surface area contributed by atoms with E-state index >= 15 is 0 Å². The molecule has 1 aromatic rings. The Morgan fingerprint density at radius 3 is 2.70 bits per heavy atom. The lowest BCUT2D eigenvalue weighted by Crippen LogP contribution is -2.55. The van der Waals surface area contributed by atoms with Crippen molar-refractivity contribution in [2.24, 2.45) is 16.8 Å². The van der Waals surface area contributed by atoms with Gasteiger partial charge in [0.2, 0.25) is 0 Å². The monoisotopic (exact) mass is 413 g/mol. The van der Waals surface area contributed by atoms with E-state index in [1.165, 1.54) is 69.7 Å². The van der Waals surface area contributed by atoms with Crippen molar-refractivity contribution in [1.29, 1.82) is 0 Å². The second kappa shape index (κ2) is 9.25. The molecule has 0 spiro atoms. The van der Waals surface area contributed by atoms with Crippen LogP contribution in [0.3, 0.4) is 0 Å². The highest BCUT2D eigenvalue weighted by molar-refractivity contribution is 5.79. The second-order valence-electron chi connectivity index (χ2n) is 9.84. The zero-order valence-corrected chi connectivity index (χ0v) is 18.7. The fraction of sp³-hybridized carbons (Fsp3) is 0.870. The van der Waals surface area contributed by atoms with E-state index in [1.807, 2.05) is 7.05 Å². The van der Waals surface area contributed by atoms with Crippen molar-refractivity contribution >= 4 is 5.96 Å². The smallest absolute Gasteiger partial charge is 0.193 e. The van der Waals surface area contributed by atoms with Crippen molar-refractivity contribution in [2.75, 3.05) is 39.8 Å².